The first kappa shape index (κ1) is 19.0. The standard InChI is InChI=1S/C18H23N3O3S/c1-13-6-8-16(9-7-13)21-25(23,24)17-5-3-4-15(12-17)18(22)20-11-10-14(2)19/h3-9,12,14,21H,10-11,19H2,1-2H3,(H,20,22). The zero-order valence-corrected chi connectivity index (χ0v) is 15.1. The van der Waals surface area contributed by atoms with Gasteiger partial charge in [0.2, 0.25) is 0 Å². The molecule has 1 unspecified atom stereocenters. The van der Waals surface area contributed by atoms with Gasteiger partial charge in [-0.25, -0.2) is 8.42 Å². The average molecular weight is 361 g/mol. The number of sulfonamides is 1. The van der Waals surface area contributed by atoms with Crippen molar-refractivity contribution < 1.29 is 13.2 Å². The molecule has 6 nitrogen and oxygen atoms in total. The number of carbonyl (C=O) groups is 1. The Kier molecular flexibility index (Phi) is 6.17. The zero-order chi connectivity index (χ0) is 18.4. The number of rotatable bonds is 7. The molecule has 0 aliphatic carbocycles. The summed E-state index contributed by atoms with van der Waals surface area (Å²) in [6.45, 7) is 4.22. The number of aryl methyl sites for hydroxylation is 1. The lowest BCUT2D eigenvalue weighted by Gasteiger charge is -2.10. The number of hydrogen-bond acceptors (Lipinski definition) is 4. The third kappa shape index (κ3) is 5.58. The van der Waals surface area contributed by atoms with E-state index in [0.717, 1.165) is 5.56 Å². The third-order valence-electron chi connectivity index (χ3n) is 3.60. The van der Waals surface area contributed by atoms with Crippen LogP contribution < -0.4 is 15.8 Å². The normalized spacial score (nSPS) is 12.4. The van der Waals surface area contributed by atoms with Gasteiger partial charge in [-0.05, 0) is 50.6 Å². The van der Waals surface area contributed by atoms with Crippen LogP contribution in [0.15, 0.2) is 53.4 Å². The quantitative estimate of drug-likeness (QED) is 0.704. The monoisotopic (exact) mass is 361 g/mol. The van der Waals surface area contributed by atoms with Crippen LogP contribution in [-0.2, 0) is 10.0 Å². The van der Waals surface area contributed by atoms with E-state index < -0.39 is 10.0 Å². The van der Waals surface area contributed by atoms with Crippen LogP contribution in [0.3, 0.4) is 0 Å². The van der Waals surface area contributed by atoms with Crippen molar-refractivity contribution in [2.75, 3.05) is 11.3 Å². The molecule has 7 heteroatoms. The molecule has 25 heavy (non-hydrogen) atoms. The van der Waals surface area contributed by atoms with Crippen molar-refractivity contribution in [1.82, 2.24) is 5.32 Å². The van der Waals surface area contributed by atoms with Gasteiger partial charge in [-0.3, -0.25) is 9.52 Å². The number of amides is 1. The Balaban J connectivity index is 2.13. The van der Waals surface area contributed by atoms with Crippen molar-refractivity contribution in [3.63, 3.8) is 0 Å². The van der Waals surface area contributed by atoms with E-state index in [4.69, 9.17) is 5.73 Å². The van der Waals surface area contributed by atoms with Gasteiger partial charge >= 0.3 is 0 Å². The largest absolute Gasteiger partial charge is 0.352 e. The van der Waals surface area contributed by atoms with Gasteiger partial charge < -0.3 is 11.1 Å². The molecule has 0 radical (unpaired) electrons. The SMILES string of the molecule is Cc1ccc(NS(=O)(=O)c2cccc(C(=O)NCCC(C)N)c2)cc1. The Morgan fingerprint density at radius 2 is 1.84 bits per heavy atom. The predicted molar refractivity (Wildman–Crippen MR) is 99.0 cm³/mol. The molecule has 0 aliphatic heterocycles. The van der Waals surface area contributed by atoms with E-state index in [1.54, 1.807) is 24.3 Å². The van der Waals surface area contributed by atoms with Crippen molar-refractivity contribution in [2.45, 2.75) is 31.2 Å². The fourth-order valence-corrected chi connectivity index (χ4v) is 3.26. The maximum Gasteiger partial charge on any atom is 0.261 e. The van der Waals surface area contributed by atoms with E-state index in [0.29, 0.717) is 18.7 Å². The Hall–Kier alpha value is -2.38. The molecule has 4 N–H and O–H groups in total. The molecule has 0 heterocycles. The Morgan fingerprint density at radius 1 is 1.16 bits per heavy atom. The molecule has 1 amide bonds. The smallest absolute Gasteiger partial charge is 0.261 e. The molecule has 0 aliphatic rings. The molecule has 2 aromatic rings. The maximum atomic E-state index is 12.5. The molecule has 2 aromatic carbocycles. The number of carbonyl (C=O) groups excluding carboxylic acids is 1. The topological polar surface area (TPSA) is 101 Å². The lowest BCUT2D eigenvalue weighted by atomic mass is 10.2. The van der Waals surface area contributed by atoms with Gasteiger partial charge in [0.1, 0.15) is 0 Å². The molecule has 2 rings (SSSR count). The molecule has 0 aromatic heterocycles. The second-order valence-electron chi connectivity index (χ2n) is 6.02. The van der Waals surface area contributed by atoms with Crippen molar-refractivity contribution in [1.29, 1.82) is 0 Å². The summed E-state index contributed by atoms with van der Waals surface area (Å²) in [5.74, 6) is -0.326. The van der Waals surface area contributed by atoms with Crippen molar-refractivity contribution in [3.8, 4) is 0 Å². The summed E-state index contributed by atoms with van der Waals surface area (Å²) in [5, 5.41) is 2.73. The summed E-state index contributed by atoms with van der Waals surface area (Å²) < 4.78 is 27.5. The van der Waals surface area contributed by atoms with Crippen molar-refractivity contribution >= 4 is 21.6 Å². The summed E-state index contributed by atoms with van der Waals surface area (Å²) in [6.07, 6.45) is 0.651. The molecular weight excluding hydrogens is 338 g/mol. The molecule has 0 spiro atoms. The minimum atomic E-state index is -3.77. The highest BCUT2D eigenvalue weighted by atomic mass is 32.2. The highest BCUT2D eigenvalue weighted by Gasteiger charge is 2.16. The molecule has 1 atom stereocenters. The summed E-state index contributed by atoms with van der Waals surface area (Å²) in [4.78, 5) is 12.2. The van der Waals surface area contributed by atoms with Crippen molar-refractivity contribution in [3.05, 3.63) is 59.7 Å². The number of benzene rings is 2. The van der Waals surface area contributed by atoms with Gasteiger partial charge in [-0.15, -0.1) is 0 Å². The van der Waals surface area contributed by atoms with E-state index >= 15 is 0 Å². The number of hydrogen-bond donors (Lipinski definition) is 3. The Labute approximate surface area is 148 Å². The second kappa shape index (κ2) is 8.13. The predicted octanol–water partition coefficient (Wildman–Crippen LogP) is 2.26. The summed E-state index contributed by atoms with van der Waals surface area (Å²) in [5.41, 5.74) is 7.44. The first-order valence-corrected chi connectivity index (χ1v) is 9.49. The molecule has 0 bridgehead atoms. The maximum absolute atomic E-state index is 12.5. The first-order chi connectivity index (χ1) is 11.8. The number of nitrogens with one attached hydrogen (secondary N) is 2. The summed E-state index contributed by atoms with van der Waals surface area (Å²) in [6, 6.07) is 12.9. The minimum Gasteiger partial charge on any atom is -0.352 e. The van der Waals surface area contributed by atoms with Crippen molar-refractivity contribution in [2.24, 2.45) is 5.73 Å². The Bertz CT molecular complexity index is 831. The summed E-state index contributed by atoms with van der Waals surface area (Å²) >= 11 is 0. The van der Waals surface area contributed by atoms with Crippen LogP contribution in [-0.4, -0.2) is 26.9 Å². The second-order valence-corrected chi connectivity index (χ2v) is 7.70. The molecule has 134 valence electrons. The lowest BCUT2D eigenvalue weighted by molar-refractivity contribution is 0.0952. The highest BCUT2D eigenvalue weighted by Crippen LogP contribution is 2.17. The molecule has 0 fully saturated rings. The van der Waals surface area contributed by atoms with Gasteiger partial charge in [0, 0.05) is 23.8 Å². The molecule has 0 saturated carbocycles. The van der Waals surface area contributed by atoms with Gasteiger partial charge in [-0.2, -0.15) is 0 Å². The van der Waals surface area contributed by atoms with Gasteiger partial charge in [-0.1, -0.05) is 23.8 Å². The minimum absolute atomic E-state index is 0.00859. The van der Waals surface area contributed by atoms with Gasteiger partial charge in [0.05, 0.1) is 4.90 Å². The fraction of sp³-hybridized carbons (Fsp3) is 0.278. The lowest BCUT2D eigenvalue weighted by Crippen LogP contribution is -2.29. The fourth-order valence-electron chi connectivity index (χ4n) is 2.16. The zero-order valence-electron chi connectivity index (χ0n) is 14.3. The van der Waals surface area contributed by atoms with E-state index in [-0.39, 0.29) is 22.4 Å². The van der Waals surface area contributed by atoms with Crippen LogP contribution in [0.4, 0.5) is 5.69 Å². The van der Waals surface area contributed by atoms with Crippen LogP contribution in [0.1, 0.15) is 29.3 Å². The molecular formula is C18H23N3O3S. The Morgan fingerprint density at radius 3 is 2.48 bits per heavy atom. The third-order valence-corrected chi connectivity index (χ3v) is 4.97. The van der Waals surface area contributed by atoms with Crippen LogP contribution in [0, 0.1) is 6.92 Å². The molecule has 0 saturated heterocycles. The van der Waals surface area contributed by atoms with Gasteiger partial charge in [0.15, 0.2) is 0 Å². The number of anilines is 1. The van der Waals surface area contributed by atoms with Crippen LogP contribution in [0.5, 0.6) is 0 Å². The highest BCUT2D eigenvalue weighted by molar-refractivity contribution is 7.92. The van der Waals surface area contributed by atoms with Crippen LogP contribution in [0.25, 0.3) is 0 Å². The van der Waals surface area contributed by atoms with E-state index in [1.165, 1.54) is 12.1 Å². The van der Waals surface area contributed by atoms with Crippen LogP contribution in [0.2, 0.25) is 0 Å². The van der Waals surface area contributed by atoms with E-state index in [1.807, 2.05) is 26.0 Å². The van der Waals surface area contributed by atoms with E-state index in [2.05, 4.69) is 10.0 Å². The summed E-state index contributed by atoms with van der Waals surface area (Å²) in [7, 11) is -3.77. The first-order valence-electron chi connectivity index (χ1n) is 8.01. The van der Waals surface area contributed by atoms with Gasteiger partial charge in [0.25, 0.3) is 15.9 Å². The average Bonchev–Trinajstić information content (AvgIpc) is 2.56. The number of nitrogens with two attached hydrogens (primary N) is 1. The van der Waals surface area contributed by atoms with Crippen LogP contribution >= 0.6 is 0 Å². The van der Waals surface area contributed by atoms with E-state index in [9.17, 15) is 13.2 Å².